The fourth-order valence-corrected chi connectivity index (χ4v) is 5.22. The Balaban J connectivity index is 1.47. The number of nitrogens with zero attached hydrogens (tertiary/aromatic N) is 4. The van der Waals surface area contributed by atoms with E-state index in [2.05, 4.69) is 51.1 Å². The van der Waals surface area contributed by atoms with Gasteiger partial charge in [-0.3, -0.25) is 4.79 Å². The molecule has 2 aromatic rings. The van der Waals surface area contributed by atoms with Crippen LogP contribution in [0.1, 0.15) is 49.5 Å². The summed E-state index contributed by atoms with van der Waals surface area (Å²) >= 11 is 1.78. The smallest absolute Gasteiger partial charge is 0.222 e. The zero-order valence-electron chi connectivity index (χ0n) is 16.2. The molecule has 4 rings (SSSR count). The second-order valence-corrected chi connectivity index (χ2v) is 9.01. The molecule has 0 bridgehead atoms. The standard InChI is InChI=1S/C21H28N4OS/c1-15(2)18-12-22-14-23-21(18)24-9-8-19-16(13-24)5-6-20(26)25(19)10-7-17-4-3-11-27-17/h3-4,11-12,14-16,19H,5-10,13H2,1-2H3/t16-,19+/m0/s1. The Labute approximate surface area is 165 Å². The Morgan fingerprint density at radius 2 is 2.22 bits per heavy atom. The first kappa shape index (κ1) is 18.4. The van der Waals surface area contributed by atoms with Crippen LogP contribution in [0.25, 0.3) is 0 Å². The molecule has 2 fully saturated rings. The van der Waals surface area contributed by atoms with Crippen molar-refractivity contribution in [3.8, 4) is 0 Å². The molecule has 2 atom stereocenters. The van der Waals surface area contributed by atoms with E-state index in [1.807, 2.05) is 6.20 Å². The normalized spacial score (nSPS) is 23.0. The molecular formula is C21H28N4OS. The van der Waals surface area contributed by atoms with Crippen LogP contribution in [-0.2, 0) is 11.2 Å². The minimum absolute atomic E-state index is 0.339. The lowest BCUT2D eigenvalue weighted by molar-refractivity contribution is -0.139. The van der Waals surface area contributed by atoms with E-state index >= 15 is 0 Å². The van der Waals surface area contributed by atoms with Crippen LogP contribution in [0.3, 0.4) is 0 Å². The largest absolute Gasteiger partial charge is 0.356 e. The van der Waals surface area contributed by atoms with Gasteiger partial charge in [-0.15, -0.1) is 11.3 Å². The van der Waals surface area contributed by atoms with Crippen LogP contribution in [0, 0.1) is 5.92 Å². The number of hydrogen-bond acceptors (Lipinski definition) is 5. The van der Waals surface area contributed by atoms with Crippen LogP contribution in [0.5, 0.6) is 0 Å². The van der Waals surface area contributed by atoms with Gasteiger partial charge in [0.15, 0.2) is 0 Å². The van der Waals surface area contributed by atoms with Gasteiger partial charge in [0.2, 0.25) is 5.91 Å². The summed E-state index contributed by atoms with van der Waals surface area (Å²) in [7, 11) is 0. The van der Waals surface area contributed by atoms with E-state index in [4.69, 9.17) is 0 Å². The molecule has 2 aromatic heterocycles. The third-order valence-corrected chi connectivity index (χ3v) is 6.90. The Hall–Kier alpha value is -1.95. The molecule has 0 saturated carbocycles. The molecule has 0 spiro atoms. The number of anilines is 1. The van der Waals surface area contributed by atoms with Crippen molar-refractivity contribution in [3.63, 3.8) is 0 Å². The summed E-state index contributed by atoms with van der Waals surface area (Å²) in [4.78, 5) is 27.4. The third kappa shape index (κ3) is 3.86. The summed E-state index contributed by atoms with van der Waals surface area (Å²) in [5, 5.41) is 2.11. The fraction of sp³-hybridized carbons (Fsp3) is 0.571. The molecule has 2 aliphatic rings. The van der Waals surface area contributed by atoms with Crippen molar-refractivity contribution < 1.29 is 4.79 Å². The van der Waals surface area contributed by atoms with E-state index in [0.717, 1.165) is 44.7 Å². The highest BCUT2D eigenvalue weighted by Crippen LogP contribution is 2.35. The van der Waals surface area contributed by atoms with Gasteiger partial charge in [0.25, 0.3) is 0 Å². The lowest BCUT2D eigenvalue weighted by Gasteiger charge is -2.47. The molecule has 2 saturated heterocycles. The van der Waals surface area contributed by atoms with E-state index in [1.54, 1.807) is 17.7 Å². The minimum Gasteiger partial charge on any atom is -0.356 e. The lowest BCUT2D eigenvalue weighted by atomic mass is 9.83. The Morgan fingerprint density at radius 1 is 1.33 bits per heavy atom. The summed E-state index contributed by atoms with van der Waals surface area (Å²) in [5.41, 5.74) is 1.22. The van der Waals surface area contributed by atoms with Crippen LogP contribution < -0.4 is 4.90 Å². The molecule has 144 valence electrons. The maximum absolute atomic E-state index is 12.6. The van der Waals surface area contributed by atoms with Gasteiger partial charge in [-0.25, -0.2) is 9.97 Å². The van der Waals surface area contributed by atoms with E-state index in [9.17, 15) is 4.79 Å². The third-order valence-electron chi connectivity index (χ3n) is 5.96. The number of likely N-dealkylation sites (tertiary alicyclic amines) is 1. The van der Waals surface area contributed by atoms with Crippen LogP contribution in [0.15, 0.2) is 30.0 Å². The van der Waals surface area contributed by atoms with Crippen LogP contribution in [0.4, 0.5) is 5.82 Å². The Kier molecular flexibility index (Phi) is 5.43. The van der Waals surface area contributed by atoms with Crippen LogP contribution >= 0.6 is 11.3 Å². The topological polar surface area (TPSA) is 49.3 Å². The molecule has 6 heteroatoms. The van der Waals surface area contributed by atoms with E-state index in [0.29, 0.717) is 30.2 Å². The summed E-state index contributed by atoms with van der Waals surface area (Å²) in [5.74, 6) is 2.37. The number of fused-ring (bicyclic) bond motifs is 1. The Bertz CT molecular complexity index is 776. The summed E-state index contributed by atoms with van der Waals surface area (Å²) in [6.07, 6.45) is 7.29. The van der Waals surface area contributed by atoms with Gasteiger partial charge >= 0.3 is 0 Å². The molecule has 2 aliphatic heterocycles. The maximum atomic E-state index is 12.6. The average molecular weight is 385 g/mol. The van der Waals surface area contributed by atoms with Gasteiger partial charge in [0, 0.05) is 48.7 Å². The predicted molar refractivity (Wildman–Crippen MR) is 109 cm³/mol. The van der Waals surface area contributed by atoms with Gasteiger partial charge in [-0.1, -0.05) is 19.9 Å². The van der Waals surface area contributed by atoms with E-state index in [-0.39, 0.29) is 0 Å². The number of carbonyl (C=O) groups is 1. The highest BCUT2D eigenvalue weighted by molar-refractivity contribution is 7.09. The number of piperidine rings is 2. The zero-order valence-corrected chi connectivity index (χ0v) is 17.0. The highest BCUT2D eigenvalue weighted by Gasteiger charge is 2.39. The summed E-state index contributed by atoms with van der Waals surface area (Å²) < 4.78 is 0. The molecule has 1 amide bonds. The van der Waals surface area contributed by atoms with Crippen molar-refractivity contribution in [2.45, 2.75) is 51.5 Å². The van der Waals surface area contributed by atoms with Crippen molar-refractivity contribution in [1.82, 2.24) is 14.9 Å². The van der Waals surface area contributed by atoms with Crippen molar-refractivity contribution in [2.75, 3.05) is 24.5 Å². The second kappa shape index (κ2) is 7.97. The highest BCUT2D eigenvalue weighted by atomic mass is 32.1. The van der Waals surface area contributed by atoms with Crippen molar-refractivity contribution in [3.05, 3.63) is 40.5 Å². The molecule has 0 radical (unpaired) electrons. The SMILES string of the molecule is CC(C)c1cncnc1N1CC[C@@H]2[C@@H](CCC(=O)N2CCc2cccs2)C1. The molecule has 0 aromatic carbocycles. The number of thiophene rings is 1. The quantitative estimate of drug-likeness (QED) is 0.788. The van der Waals surface area contributed by atoms with Crippen LogP contribution in [0.2, 0.25) is 0 Å². The zero-order chi connectivity index (χ0) is 18.8. The first-order valence-corrected chi connectivity index (χ1v) is 10.9. The van der Waals surface area contributed by atoms with E-state index < -0.39 is 0 Å². The molecule has 27 heavy (non-hydrogen) atoms. The van der Waals surface area contributed by atoms with Crippen molar-refractivity contribution in [2.24, 2.45) is 5.92 Å². The number of amides is 1. The predicted octanol–water partition coefficient (Wildman–Crippen LogP) is 3.72. The number of aromatic nitrogens is 2. The number of rotatable bonds is 5. The maximum Gasteiger partial charge on any atom is 0.222 e. The lowest BCUT2D eigenvalue weighted by Crippen LogP contribution is -2.56. The molecule has 5 nitrogen and oxygen atoms in total. The van der Waals surface area contributed by atoms with Crippen LogP contribution in [-0.4, -0.2) is 46.5 Å². The van der Waals surface area contributed by atoms with Gasteiger partial charge in [-0.05, 0) is 42.5 Å². The van der Waals surface area contributed by atoms with Gasteiger partial charge in [0.05, 0.1) is 0 Å². The monoisotopic (exact) mass is 384 g/mol. The Morgan fingerprint density at radius 3 is 3.00 bits per heavy atom. The first-order valence-electron chi connectivity index (χ1n) is 10.00. The van der Waals surface area contributed by atoms with Gasteiger partial charge in [-0.2, -0.15) is 0 Å². The molecule has 0 N–H and O–H groups in total. The first-order chi connectivity index (χ1) is 13.1. The number of carbonyl (C=O) groups excluding carboxylic acids is 1. The van der Waals surface area contributed by atoms with Crippen molar-refractivity contribution in [1.29, 1.82) is 0 Å². The van der Waals surface area contributed by atoms with Gasteiger partial charge in [0.1, 0.15) is 12.1 Å². The van der Waals surface area contributed by atoms with E-state index in [1.165, 1.54) is 10.4 Å². The van der Waals surface area contributed by atoms with Crippen molar-refractivity contribution >= 4 is 23.1 Å². The second-order valence-electron chi connectivity index (χ2n) is 7.97. The molecule has 0 aliphatic carbocycles. The number of hydrogen-bond donors (Lipinski definition) is 0. The minimum atomic E-state index is 0.339. The fourth-order valence-electron chi connectivity index (χ4n) is 4.53. The molecular weight excluding hydrogens is 356 g/mol. The summed E-state index contributed by atoms with van der Waals surface area (Å²) in [6, 6.07) is 4.64. The molecule has 0 unspecified atom stereocenters. The van der Waals surface area contributed by atoms with Gasteiger partial charge < -0.3 is 9.80 Å². The summed E-state index contributed by atoms with van der Waals surface area (Å²) in [6.45, 7) is 7.19. The molecule has 4 heterocycles. The average Bonchev–Trinajstić information content (AvgIpc) is 3.20.